The van der Waals surface area contributed by atoms with Gasteiger partial charge in [0, 0.05) is 6.54 Å². The first-order valence-corrected chi connectivity index (χ1v) is 5.15. The highest BCUT2D eigenvalue weighted by Crippen LogP contribution is 2.00. The summed E-state index contributed by atoms with van der Waals surface area (Å²) in [6.45, 7) is 5.62. The van der Waals surface area contributed by atoms with Crippen LogP contribution in [0.1, 0.15) is 39.5 Å². The van der Waals surface area contributed by atoms with Crippen molar-refractivity contribution in [2.45, 2.75) is 39.5 Å². The van der Waals surface area contributed by atoms with E-state index in [2.05, 4.69) is 12.2 Å². The summed E-state index contributed by atoms with van der Waals surface area (Å²) in [6.07, 6.45) is 4.28. The first-order valence-electron chi connectivity index (χ1n) is 5.15. The second kappa shape index (κ2) is 8.05. The van der Waals surface area contributed by atoms with Crippen LogP contribution in [-0.4, -0.2) is 24.2 Å². The molecule has 0 aliphatic rings. The highest BCUT2D eigenvalue weighted by molar-refractivity contribution is 5.70. The fourth-order valence-corrected chi connectivity index (χ4v) is 1.18. The van der Waals surface area contributed by atoms with Crippen LogP contribution in [0.15, 0.2) is 0 Å². The van der Waals surface area contributed by atoms with Gasteiger partial charge < -0.3 is 10.4 Å². The molecule has 0 saturated heterocycles. The van der Waals surface area contributed by atoms with Crippen LogP contribution in [0.3, 0.4) is 0 Å². The van der Waals surface area contributed by atoms with Crippen molar-refractivity contribution in [3.8, 4) is 0 Å². The van der Waals surface area contributed by atoms with E-state index < -0.39 is 5.97 Å². The number of carbonyl (C=O) groups is 1. The van der Waals surface area contributed by atoms with E-state index in [9.17, 15) is 4.79 Å². The Kier molecular flexibility index (Phi) is 7.69. The van der Waals surface area contributed by atoms with Crippen LogP contribution in [0.4, 0.5) is 0 Å². The molecule has 1 atom stereocenters. The molecule has 0 bridgehead atoms. The summed E-state index contributed by atoms with van der Waals surface area (Å²) in [5, 5.41) is 11.9. The quantitative estimate of drug-likeness (QED) is 0.570. The van der Waals surface area contributed by atoms with Gasteiger partial charge in [-0.25, -0.2) is 0 Å². The van der Waals surface area contributed by atoms with Gasteiger partial charge in [-0.3, -0.25) is 4.79 Å². The van der Waals surface area contributed by atoms with Crippen molar-refractivity contribution < 1.29 is 9.90 Å². The Morgan fingerprint density at radius 1 is 1.38 bits per heavy atom. The van der Waals surface area contributed by atoms with Gasteiger partial charge in [-0.05, 0) is 19.4 Å². The summed E-state index contributed by atoms with van der Waals surface area (Å²) in [5.74, 6) is -0.910. The first kappa shape index (κ1) is 12.4. The summed E-state index contributed by atoms with van der Waals surface area (Å²) in [5.41, 5.74) is 0. The summed E-state index contributed by atoms with van der Waals surface area (Å²) in [4.78, 5) is 10.6. The predicted molar refractivity (Wildman–Crippen MR) is 53.8 cm³/mol. The monoisotopic (exact) mass is 187 g/mol. The minimum absolute atomic E-state index is 0.221. The molecule has 0 radical (unpaired) electrons. The smallest absolute Gasteiger partial charge is 0.307 e. The van der Waals surface area contributed by atoms with Gasteiger partial charge in [-0.2, -0.15) is 0 Å². The first-order chi connectivity index (χ1) is 6.22. The molecule has 0 saturated carbocycles. The van der Waals surface area contributed by atoms with Crippen LogP contribution < -0.4 is 5.32 Å². The lowest BCUT2D eigenvalue weighted by Crippen LogP contribution is -2.28. The van der Waals surface area contributed by atoms with Crippen molar-refractivity contribution in [2.24, 2.45) is 5.92 Å². The fourth-order valence-electron chi connectivity index (χ4n) is 1.18. The normalized spacial score (nSPS) is 12.8. The highest BCUT2D eigenvalue weighted by atomic mass is 16.4. The second-order valence-electron chi connectivity index (χ2n) is 3.35. The lowest BCUT2D eigenvalue weighted by molar-refractivity contribution is -0.141. The number of unbranched alkanes of at least 4 members (excludes halogenated alkanes) is 2. The van der Waals surface area contributed by atoms with E-state index in [-0.39, 0.29) is 5.92 Å². The Morgan fingerprint density at radius 3 is 2.54 bits per heavy atom. The zero-order valence-corrected chi connectivity index (χ0v) is 8.68. The third kappa shape index (κ3) is 6.58. The lowest BCUT2D eigenvalue weighted by atomic mass is 10.1. The molecule has 78 valence electrons. The molecule has 0 aromatic heterocycles. The van der Waals surface area contributed by atoms with Crippen LogP contribution in [0.5, 0.6) is 0 Å². The van der Waals surface area contributed by atoms with Gasteiger partial charge in [0.25, 0.3) is 0 Å². The van der Waals surface area contributed by atoms with Crippen molar-refractivity contribution in [2.75, 3.05) is 13.1 Å². The van der Waals surface area contributed by atoms with E-state index in [1.165, 1.54) is 12.8 Å². The third-order valence-electron chi connectivity index (χ3n) is 2.19. The highest BCUT2D eigenvalue weighted by Gasteiger charge is 2.13. The Bertz CT molecular complexity index is 137. The largest absolute Gasteiger partial charge is 0.481 e. The molecule has 0 aliphatic heterocycles. The van der Waals surface area contributed by atoms with Gasteiger partial charge in [0.2, 0.25) is 0 Å². The molecule has 0 rings (SSSR count). The number of hydrogen-bond donors (Lipinski definition) is 2. The molecule has 3 heteroatoms. The van der Waals surface area contributed by atoms with Gasteiger partial charge >= 0.3 is 5.97 Å². The van der Waals surface area contributed by atoms with Gasteiger partial charge in [0.05, 0.1) is 5.92 Å². The second-order valence-corrected chi connectivity index (χ2v) is 3.35. The number of carboxylic acids is 1. The van der Waals surface area contributed by atoms with Gasteiger partial charge in [0.1, 0.15) is 0 Å². The topological polar surface area (TPSA) is 49.3 Å². The van der Waals surface area contributed by atoms with E-state index in [0.29, 0.717) is 13.0 Å². The lowest BCUT2D eigenvalue weighted by Gasteiger charge is -2.10. The molecule has 0 heterocycles. The Morgan fingerprint density at radius 2 is 2.08 bits per heavy atom. The van der Waals surface area contributed by atoms with Crippen molar-refractivity contribution in [1.82, 2.24) is 5.32 Å². The summed E-state index contributed by atoms with van der Waals surface area (Å²) < 4.78 is 0. The third-order valence-corrected chi connectivity index (χ3v) is 2.19. The van der Waals surface area contributed by atoms with Crippen molar-refractivity contribution in [3.05, 3.63) is 0 Å². The number of carboxylic acid groups (broad SMARTS) is 1. The molecular weight excluding hydrogens is 166 g/mol. The maximum atomic E-state index is 10.6. The average molecular weight is 187 g/mol. The number of aliphatic carboxylic acids is 1. The minimum atomic E-state index is -0.689. The SMILES string of the molecule is CCCCCNCC(CC)C(=O)O. The molecular formula is C10H21NO2. The zero-order chi connectivity index (χ0) is 10.1. The number of rotatable bonds is 8. The molecule has 0 spiro atoms. The van der Waals surface area contributed by atoms with Gasteiger partial charge in [0.15, 0.2) is 0 Å². The summed E-state index contributed by atoms with van der Waals surface area (Å²) in [7, 11) is 0. The van der Waals surface area contributed by atoms with E-state index in [0.717, 1.165) is 13.0 Å². The van der Waals surface area contributed by atoms with E-state index in [4.69, 9.17) is 5.11 Å². The van der Waals surface area contributed by atoms with E-state index >= 15 is 0 Å². The van der Waals surface area contributed by atoms with E-state index in [1.54, 1.807) is 0 Å². The van der Waals surface area contributed by atoms with Gasteiger partial charge in [-0.1, -0.05) is 26.7 Å². The maximum Gasteiger partial charge on any atom is 0.307 e. The molecule has 0 amide bonds. The van der Waals surface area contributed by atoms with Crippen LogP contribution >= 0.6 is 0 Å². The average Bonchev–Trinajstić information content (AvgIpc) is 2.10. The van der Waals surface area contributed by atoms with Crippen LogP contribution in [-0.2, 0) is 4.79 Å². The molecule has 0 aromatic carbocycles. The maximum absolute atomic E-state index is 10.6. The predicted octanol–water partition coefficient (Wildman–Crippen LogP) is 1.88. The minimum Gasteiger partial charge on any atom is -0.481 e. The molecule has 3 nitrogen and oxygen atoms in total. The molecule has 13 heavy (non-hydrogen) atoms. The molecule has 0 fully saturated rings. The Balaban J connectivity index is 3.33. The van der Waals surface area contributed by atoms with E-state index in [1.807, 2.05) is 6.92 Å². The summed E-state index contributed by atoms with van der Waals surface area (Å²) in [6, 6.07) is 0. The molecule has 0 aromatic rings. The molecule has 0 aliphatic carbocycles. The summed E-state index contributed by atoms with van der Waals surface area (Å²) >= 11 is 0. The standard InChI is InChI=1S/C10H21NO2/c1-3-5-6-7-11-8-9(4-2)10(12)13/h9,11H,3-8H2,1-2H3,(H,12,13). The number of nitrogens with one attached hydrogen (secondary N) is 1. The van der Waals surface area contributed by atoms with Crippen molar-refractivity contribution in [3.63, 3.8) is 0 Å². The fraction of sp³-hybridized carbons (Fsp3) is 0.900. The van der Waals surface area contributed by atoms with Gasteiger partial charge in [-0.15, -0.1) is 0 Å². The van der Waals surface area contributed by atoms with Crippen LogP contribution in [0.25, 0.3) is 0 Å². The number of hydrogen-bond acceptors (Lipinski definition) is 2. The van der Waals surface area contributed by atoms with Crippen molar-refractivity contribution >= 4 is 5.97 Å². The van der Waals surface area contributed by atoms with Crippen LogP contribution in [0.2, 0.25) is 0 Å². The molecule has 2 N–H and O–H groups in total. The Hall–Kier alpha value is -0.570. The Labute approximate surface area is 80.5 Å². The zero-order valence-electron chi connectivity index (χ0n) is 8.68. The molecule has 1 unspecified atom stereocenters. The van der Waals surface area contributed by atoms with Crippen molar-refractivity contribution in [1.29, 1.82) is 0 Å². The van der Waals surface area contributed by atoms with Crippen LogP contribution in [0, 0.1) is 5.92 Å².